The topological polar surface area (TPSA) is 62.1 Å². The molecular formula is C14H17ClN2O2. The zero-order valence-corrected chi connectivity index (χ0v) is 12.0. The van der Waals surface area contributed by atoms with E-state index in [4.69, 9.17) is 16.3 Å². The van der Waals surface area contributed by atoms with Gasteiger partial charge in [0.25, 0.3) is 5.91 Å². The summed E-state index contributed by atoms with van der Waals surface area (Å²) in [4.78, 5) is 12.1. The van der Waals surface area contributed by atoms with Crippen molar-refractivity contribution in [3.63, 3.8) is 0 Å². The molecule has 1 unspecified atom stereocenters. The van der Waals surface area contributed by atoms with Gasteiger partial charge >= 0.3 is 0 Å². The normalized spacial score (nSPS) is 13.7. The van der Waals surface area contributed by atoms with Gasteiger partial charge in [-0.3, -0.25) is 4.79 Å². The third-order valence-electron chi connectivity index (χ3n) is 2.76. The Balaban J connectivity index is 2.94. The van der Waals surface area contributed by atoms with Crippen LogP contribution in [-0.2, 0) is 4.74 Å². The van der Waals surface area contributed by atoms with E-state index in [1.807, 2.05) is 19.9 Å². The first-order valence-electron chi connectivity index (χ1n) is 6.08. The Hall–Kier alpha value is -1.57. The third kappa shape index (κ3) is 3.69. The molecule has 4 nitrogen and oxygen atoms in total. The average Bonchev–Trinajstić information content (AvgIpc) is 2.38. The Labute approximate surface area is 118 Å². The summed E-state index contributed by atoms with van der Waals surface area (Å²) in [5.74, 6) is -0.533. The zero-order valence-electron chi connectivity index (χ0n) is 11.2. The molecule has 0 radical (unpaired) electrons. The minimum Gasteiger partial charge on any atom is -0.343 e. The average molecular weight is 281 g/mol. The van der Waals surface area contributed by atoms with Crippen molar-refractivity contribution in [3.05, 3.63) is 34.9 Å². The van der Waals surface area contributed by atoms with Crippen LogP contribution in [-0.4, -0.2) is 18.2 Å². The zero-order chi connectivity index (χ0) is 14.5. The number of ether oxygens (including phenoxy) is 1. The van der Waals surface area contributed by atoms with Gasteiger partial charge in [-0.05, 0) is 31.2 Å². The van der Waals surface area contributed by atoms with Gasteiger partial charge in [0, 0.05) is 23.1 Å². The summed E-state index contributed by atoms with van der Waals surface area (Å²) in [7, 11) is 0. The lowest BCUT2D eigenvalue weighted by atomic mass is 10.00. The predicted octanol–water partition coefficient (Wildman–Crippen LogP) is 2.98. The van der Waals surface area contributed by atoms with E-state index in [-0.39, 0.29) is 11.8 Å². The van der Waals surface area contributed by atoms with Crippen molar-refractivity contribution in [2.45, 2.75) is 26.5 Å². The minimum absolute atomic E-state index is 0.172. The van der Waals surface area contributed by atoms with Gasteiger partial charge in [-0.25, -0.2) is 0 Å². The maximum atomic E-state index is 12.1. The number of amides is 1. The fourth-order valence-corrected chi connectivity index (χ4v) is 1.73. The Morgan fingerprint density at radius 2 is 2.05 bits per heavy atom. The summed E-state index contributed by atoms with van der Waals surface area (Å²) >= 11 is 5.77. The first-order valence-corrected chi connectivity index (χ1v) is 6.46. The summed E-state index contributed by atoms with van der Waals surface area (Å²) in [6.07, 6.45) is 0. The highest BCUT2D eigenvalue weighted by Crippen LogP contribution is 2.19. The number of nitrogens with one attached hydrogen (secondary N) is 1. The number of hydrogen-bond acceptors (Lipinski definition) is 3. The van der Waals surface area contributed by atoms with Gasteiger partial charge in [0.05, 0.1) is 0 Å². The molecule has 0 aliphatic heterocycles. The van der Waals surface area contributed by atoms with Gasteiger partial charge in [-0.2, -0.15) is 5.26 Å². The van der Waals surface area contributed by atoms with Crippen LogP contribution in [0.2, 0.25) is 5.02 Å². The fourth-order valence-electron chi connectivity index (χ4n) is 1.61. The second-order valence-corrected chi connectivity index (χ2v) is 4.83. The second kappa shape index (κ2) is 6.55. The summed E-state index contributed by atoms with van der Waals surface area (Å²) in [5, 5.41) is 12.5. The van der Waals surface area contributed by atoms with Crippen molar-refractivity contribution in [2.75, 3.05) is 6.61 Å². The van der Waals surface area contributed by atoms with Crippen LogP contribution in [0.4, 0.5) is 0 Å². The smallest absolute Gasteiger partial charge is 0.254 e. The van der Waals surface area contributed by atoms with Crippen LogP contribution < -0.4 is 5.32 Å². The second-order valence-electron chi connectivity index (χ2n) is 4.40. The summed E-state index contributed by atoms with van der Waals surface area (Å²) in [6.45, 7) is 5.76. The lowest BCUT2D eigenvalue weighted by Gasteiger charge is -2.31. The van der Waals surface area contributed by atoms with Gasteiger partial charge in [-0.1, -0.05) is 25.4 Å². The van der Waals surface area contributed by atoms with Crippen molar-refractivity contribution in [3.8, 4) is 6.07 Å². The molecule has 102 valence electrons. The minimum atomic E-state index is -1.31. The van der Waals surface area contributed by atoms with E-state index >= 15 is 0 Å². The molecule has 0 aliphatic rings. The molecule has 0 fully saturated rings. The monoisotopic (exact) mass is 280 g/mol. The van der Waals surface area contributed by atoms with Crippen molar-refractivity contribution in [1.82, 2.24) is 5.32 Å². The maximum Gasteiger partial charge on any atom is 0.254 e. The van der Waals surface area contributed by atoms with E-state index in [2.05, 4.69) is 5.32 Å². The highest BCUT2D eigenvalue weighted by atomic mass is 35.5. The molecule has 0 heterocycles. The molecule has 1 aromatic carbocycles. The first kappa shape index (κ1) is 15.5. The van der Waals surface area contributed by atoms with Crippen molar-refractivity contribution >= 4 is 17.5 Å². The molecule has 0 spiro atoms. The highest BCUT2D eigenvalue weighted by molar-refractivity contribution is 6.30. The van der Waals surface area contributed by atoms with E-state index in [1.165, 1.54) is 0 Å². The summed E-state index contributed by atoms with van der Waals surface area (Å²) < 4.78 is 5.44. The molecular weight excluding hydrogens is 264 g/mol. The number of halogens is 1. The molecule has 0 aromatic heterocycles. The molecule has 1 N–H and O–H groups in total. The maximum absolute atomic E-state index is 12.1. The fraction of sp³-hybridized carbons (Fsp3) is 0.429. The van der Waals surface area contributed by atoms with Crippen molar-refractivity contribution < 1.29 is 9.53 Å². The predicted molar refractivity (Wildman–Crippen MR) is 73.7 cm³/mol. The van der Waals surface area contributed by atoms with Crippen LogP contribution in [0.25, 0.3) is 0 Å². The van der Waals surface area contributed by atoms with Crippen LogP contribution in [0.1, 0.15) is 31.1 Å². The third-order valence-corrected chi connectivity index (χ3v) is 3.01. The molecule has 1 rings (SSSR count). The van der Waals surface area contributed by atoms with E-state index in [0.717, 1.165) is 0 Å². The van der Waals surface area contributed by atoms with Gasteiger partial charge in [-0.15, -0.1) is 0 Å². The number of nitriles is 1. The van der Waals surface area contributed by atoms with Gasteiger partial charge in [0.15, 0.2) is 0 Å². The molecule has 5 heteroatoms. The number of rotatable bonds is 5. The molecule has 19 heavy (non-hydrogen) atoms. The Kier molecular flexibility index (Phi) is 5.34. The van der Waals surface area contributed by atoms with E-state index in [0.29, 0.717) is 17.2 Å². The number of hydrogen-bond donors (Lipinski definition) is 1. The van der Waals surface area contributed by atoms with E-state index in [9.17, 15) is 10.1 Å². The SMILES string of the molecule is CCOC(C#N)(NC(=O)c1ccc(Cl)cc1)C(C)C. The standard InChI is InChI=1S/C14H17ClN2O2/c1-4-19-14(9-16,10(2)3)17-13(18)11-5-7-12(15)8-6-11/h5-8,10H,4H2,1-3H3,(H,17,18). The quantitative estimate of drug-likeness (QED) is 0.844. The van der Waals surface area contributed by atoms with Gasteiger partial charge in [0.2, 0.25) is 5.72 Å². The first-order chi connectivity index (χ1) is 8.95. The van der Waals surface area contributed by atoms with Crippen molar-refractivity contribution in [2.24, 2.45) is 5.92 Å². The molecule has 0 saturated carbocycles. The van der Waals surface area contributed by atoms with Crippen molar-refractivity contribution in [1.29, 1.82) is 5.26 Å². The highest BCUT2D eigenvalue weighted by Gasteiger charge is 2.36. The number of carbonyl (C=O) groups is 1. The Morgan fingerprint density at radius 3 is 2.47 bits per heavy atom. The molecule has 0 saturated heterocycles. The number of carbonyl (C=O) groups excluding carboxylic acids is 1. The molecule has 0 aliphatic carbocycles. The Morgan fingerprint density at radius 1 is 1.47 bits per heavy atom. The number of benzene rings is 1. The van der Waals surface area contributed by atoms with Crippen LogP contribution in [0.5, 0.6) is 0 Å². The molecule has 1 amide bonds. The van der Waals surface area contributed by atoms with Gasteiger partial charge in [0.1, 0.15) is 6.07 Å². The lowest BCUT2D eigenvalue weighted by Crippen LogP contribution is -2.53. The van der Waals surface area contributed by atoms with Gasteiger partial charge < -0.3 is 10.1 Å². The summed E-state index contributed by atoms with van der Waals surface area (Å²) in [5.41, 5.74) is -0.879. The molecule has 0 bridgehead atoms. The lowest BCUT2D eigenvalue weighted by molar-refractivity contribution is -0.0476. The number of nitrogens with zero attached hydrogens (tertiary/aromatic N) is 1. The van der Waals surface area contributed by atoms with E-state index < -0.39 is 5.72 Å². The summed E-state index contributed by atoms with van der Waals surface area (Å²) in [6, 6.07) is 8.51. The molecule has 1 atom stereocenters. The van der Waals surface area contributed by atoms with Crippen LogP contribution in [0, 0.1) is 17.2 Å². The van der Waals surface area contributed by atoms with E-state index in [1.54, 1.807) is 31.2 Å². The largest absolute Gasteiger partial charge is 0.343 e. The van der Waals surface area contributed by atoms with Crippen LogP contribution in [0.15, 0.2) is 24.3 Å². The van der Waals surface area contributed by atoms with Crippen LogP contribution >= 0.6 is 11.6 Å². The molecule has 1 aromatic rings. The Bertz CT molecular complexity index is 479. The van der Waals surface area contributed by atoms with Crippen LogP contribution in [0.3, 0.4) is 0 Å².